The van der Waals surface area contributed by atoms with Crippen molar-refractivity contribution < 1.29 is 23.2 Å². The SMILES string of the molecule is Cc1ccc(NC(=O)COC(=O)c2ccc3nc(-c4ccco4)c(-c4ccco4)nc3c2)cc1. The second-order valence-electron chi connectivity index (χ2n) is 7.57. The van der Waals surface area contributed by atoms with Crippen LogP contribution in [0.4, 0.5) is 5.69 Å². The molecule has 0 aliphatic rings. The molecule has 3 aromatic heterocycles. The number of nitrogens with zero attached hydrogens (tertiary/aromatic N) is 2. The maximum absolute atomic E-state index is 12.6. The van der Waals surface area contributed by atoms with E-state index in [1.54, 1.807) is 67.1 Å². The number of aromatic nitrogens is 2. The standard InChI is InChI=1S/C26H19N3O5/c1-16-6-9-18(10-7-16)27-23(30)15-34-26(31)17-8-11-19-20(14-17)29-25(22-5-3-13-33-22)24(28-19)21-4-2-12-32-21/h2-14H,15H2,1H3,(H,27,30). The largest absolute Gasteiger partial charge is 0.463 e. The van der Waals surface area contributed by atoms with Crippen molar-refractivity contribution in [2.45, 2.75) is 6.92 Å². The number of carbonyl (C=O) groups is 2. The van der Waals surface area contributed by atoms with Crippen molar-refractivity contribution in [2.75, 3.05) is 11.9 Å². The summed E-state index contributed by atoms with van der Waals surface area (Å²) in [6.07, 6.45) is 3.10. The number of hydrogen-bond donors (Lipinski definition) is 1. The Labute approximate surface area is 194 Å². The first kappa shape index (κ1) is 21.1. The summed E-state index contributed by atoms with van der Waals surface area (Å²) in [5.41, 5.74) is 4.00. The van der Waals surface area contributed by atoms with Crippen LogP contribution >= 0.6 is 0 Å². The summed E-state index contributed by atoms with van der Waals surface area (Å²) in [4.78, 5) is 34.1. The topological polar surface area (TPSA) is 107 Å². The summed E-state index contributed by atoms with van der Waals surface area (Å²) in [6, 6.07) is 19.2. The highest BCUT2D eigenvalue weighted by Crippen LogP contribution is 2.31. The highest BCUT2D eigenvalue weighted by atomic mass is 16.5. The van der Waals surface area contributed by atoms with Gasteiger partial charge in [0.05, 0.1) is 29.1 Å². The Morgan fingerprint density at radius 3 is 2.12 bits per heavy atom. The van der Waals surface area contributed by atoms with Crippen LogP contribution in [0.15, 0.2) is 88.1 Å². The molecule has 0 saturated carbocycles. The Morgan fingerprint density at radius 2 is 1.50 bits per heavy atom. The fourth-order valence-electron chi connectivity index (χ4n) is 3.40. The summed E-state index contributed by atoms with van der Waals surface area (Å²) >= 11 is 0. The first-order chi connectivity index (χ1) is 16.6. The zero-order valence-corrected chi connectivity index (χ0v) is 18.1. The van der Waals surface area contributed by atoms with Crippen LogP contribution in [0.5, 0.6) is 0 Å². The number of fused-ring (bicyclic) bond motifs is 1. The van der Waals surface area contributed by atoms with Crippen molar-refractivity contribution in [2.24, 2.45) is 0 Å². The van der Waals surface area contributed by atoms with Crippen LogP contribution in [0, 0.1) is 6.92 Å². The fourth-order valence-corrected chi connectivity index (χ4v) is 3.40. The van der Waals surface area contributed by atoms with Crippen LogP contribution in [0.1, 0.15) is 15.9 Å². The summed E-state index contributed by atoms with van der Waals surface area (Å²) < 4.78 is 16.2. The quantitative estimate of drug-likeness (QED) is 0.350. The van der Waals surface area contributed by atoms with E-state index in [1.807, 2.05) is 19.1 Å². The Kier molecular flexibility index (Phi) is 5.61. The first-order valence-corrected chi connectivity index (χ1v) is 10.5. The number of carbonyl (C=O) groups excluding carboxylic acids is 2. The van der Waals surface area contributed by atoms with E-state index in [2.05, 4.69) is 15.3 Å². The molecule has 0 aliphatic heterocycles. The third kappa shape index (κ3) is 4.42. The van der Waals surface area contributed by atoms with Crippen molar-refractivity contribution >= 4 is 28.6 Å². The van der Waals surface area contributed by atoms with Gasteiger partial charge in [-0.2, -0.15) is 0 Å². The van der Waals surface area contributed by atoms with E-state index in [1.165, 1.54) is 0 Å². The monoisotopic (exact) mass is 453 g/mol. The summed E-state index contributed by atoms with van der Waals surface area (Å²) in [7, 11) is 0. The van der Waals surface area contributed by atoms with Crippen LogP contribution in [-0.4, -0.2) is 28.5 Å². The van der Waals surface area contributed by atoms with Crippen molar-refractivity contribution in [1.29, 1.82) is 0 Å². The molecule has 2 aromatic carbocycles. The number of amides is 1. The predicted octanol–water partition coefficient (Wildman–Crippen LogP) is 5.25. The molecule has 0 spiro atoms. The molecule has 0 aliphatic carbocycles. The Morgan fingerprint density at radius 1 is 0.853 bits per heavy atom. The molecule has 168 valence electrons. The molecule has 3 heterocycles. The van der Waals surface area contributed by atoms with Gasteiger partial charge in [-0.05, 0) is 61.5 Å². The van der Waals surface area contributed by atoms with Crippen LogP contribution in [-0.2, 0) is 9.53 Å². The number of ether oxygens (including phenoxy) is 1. The summed E-state index contributed by atoms with van der Waals surface area (Å²) in [5, 5.41) is 2.69. The van der Waals surface area contributed by atoms with E-state index in [-0.39, 0.29) is 5.56 Å². The zero-order valence-electron chi connectivity index (χ0n) is 18.1. The molecule has 8 heteroatoms. The molecule has 0 unspecified atom stereocenters. The minimum atomic E-state index is -0.641. The minimum Gasteiger partial charge on any atom is -0.463 e. The van der Waals surface area contributed by atoms with Gasteiger partial charge in [-0.25, -0.2) is 14.8 Å². The molecule has 0 atom stereocenters. The Bertz CT molecular complexity index is 1460. The van der Waals surface area contributed by atoms with Gasteiger partial charge in [-0.3, -0.25) is 4.79 Å². The van der Waals surface area contributed by atoms with E-state index in [0.717, 1.165) is 5.56 Å². The zero-order chi connectivity index (χ0) is 23.5. The molecule has 8 nitrogen and oxygen atoms in total. The molecule has 5 rings (SSSR count). The normalized spacial score (nSPS) is 10.9. The van der Waals surface area contributed by atoms with Crippen molar-refractivity contribution in [3.63, 3.8) is 0 Å². The molecule has 34 heavy (non-hydrogen) atoms. The van der Waals surface area contributed by atoms with Gasteiger partial charge < -0.3 is 18.9 Å². The lowest BCUT2D eigenvalue weighted by Crippen LogP contribution is -2.20. The van der Waals surface area contributed by atoms with E-state index >= 15 is 0 Å². The smallest absolute Gasteiger partial charge is 0.338 e. The Balaban J connectivity index is 1.37. The van der Waals surface area contributed by atoms with Crippen LogP contribution in [0.25, 0.3) is 33.9 Å². The molecule has 0 radical (unpaired) electrons. The van der Waals surface area contributed by atoms with Gasteiger partial charge in [0, 0.05) is 5.69 Å². The number of benzene rings is 2. The van der Waals surface area contributed by atoms with Gasteiger partial charge in [-0.1, -0.05) is 17.7 Å². The second-order valence-corrected chi connectivity index (χ2v) is 7.57. The number of esters is 1. The maximum atomic E-state index is 12.6. The van der Waals surface area contributed by atoms with Gasteiger partial charge in [0.2, 0.25) is 0 Å². The average Bonchev–Trinajstić information content (AvgIpc) is 3.57. The third-order valence-electron chi connectivity index (χ3n) is 5.08. The Hall–Kier alpha value is -4.72. The highest BCUT2D eigenvalue weighted by Gasteiger charge is 2.18. The molecule has 5 aromatic rings. The summed E-state index contributed by atoms with van der Waals surface area (Å²) in [5.74, 6) is -0.0103. The molecular weight excluding hydrogens is 434 g/mol. The third-order valence-corrected chi connectivity index (χ3v) is 5.08. The number of nitrogens with one attached hydrogen (secondary N) is 1. The lowest BCUT2D eigenvalue weighted by atomic mass is 10.1. The number of furan rings is 2. The fraction of sp³-hybridized carbons (Fsp3) is 0.0769. The summed E-state index contributed by atoms with van der Waals surface area (Å²) in [6.45, 7) is 1.54. The van der Waals surface area contributed by atoms with Gasteiger partial charge in [-0.15, -0.1) is 0 Å². The molecule has 0 bridgehead atoms. The number of anilines is 1. The van der Waals surface area contributed by atoms with Crippen molar-refractivity contribution in [3.05, 3.63) is 90.4 Å². The van der Waals surface area contributed by atoms with Gasteiger partial charge in [0.15, 0.2) is 18.1 Å². The minimum absolute atomic E-state index is 0.251. The number of aryl methyl sites for hydroxylation is 1. The molecular formula is C26H19N3O5. The number of hydrogen-bond acceptors (Lipinski definition) is 7. The van der Waals surface area contributed by atoms with Crippen LogP contribution < -0.4 is 5.32 Å². The van der Waals surface area contributed by atoms with Gasteiger partial charge in [0.25, 0.3) is 5.91 Å². The van der Waals surface area contributed by atoms with Gasteiger partial charge in [0.1, 0.15) is 11.4 Å². The second kappa shape index (κ2) is 9.03. The van der Waals surface area contributed by atoms with Gasteiger partial charge >= 0.3 is 5.97 Å². The lowest BCUT2D eigenvalue weighted by Gasteiger charge is -2.09. The van der Waals surface area contributed by atoms with E-state index < -0.39 is 18.5 Å². The average molecular weight is 453 g/mol. The van der Waals surface area contributed by atoms with Crippen LogP contribution in [0.2, 0.25) is 0 Å². The molecule has 1 N–H and O–H groups in total. The van der Waals surface area contributed by atoms with E-state index in [0.29, 0.717) is 39.6 Å². The molecule has 0 fully saturated rings. The van der Waals surface area contributed by atoms with E-state index in [4.69, 9.17) is 13.6 Å². The van der Waals surface area contributed by atoms with Crippen molar-refractivity contribution in [3.8, 4) is 22.9 Å². The highest BCUT2D eigenvalue weighted by molar-refractivity contribution is 5.97. The molecule has 1 amide bonds. The van der Waals surface area contributed by atoms with Crippen LogP contribution in [0.3, 0.4) is 0 Å². The lowest BCUT2D eigenvalue weighted by molar-refractivity contribution is -0.119. The molecule has 0 saturated heterocycles. The maximum Gasteiger partial charge on any atom is 0.338 e. The van der Waals surface area contributed by atoms with Crippen molar-refractivity contribution in [1.82, 2.24) is 9.97 Å². The first-order valence-electron chi connectivity index (χ1n) is 10.5. The predicted molar refractivity (Wildman–Crippen MR) is 125 cm³/mol. The number of rotatable bonds is 6. The van der Waals surface area contributed by atoms with E-state index in [9.17, 15) is 9.59 Å².